The molecule has 0 bridgehead atoms. The van der Waals surface area contributed by atoms with E-state index in [2.05, 4.69) is 4.74 Å². The minimum Gasteiger partial charge on any atom is -0.495 e. The molecular formula is C11H11NO4. The molecule has 0 fully saturated rings. The molecule has 0 saturated carbocycles. The lowest BCUT2D eigenvalue weighted by molar-refractivity contribution is 0.0567. The van der Waals surface area contributed by atoms with Crippen molar-refractivity contribution in [1.29, 1.82) is 0 Å². The Morgan fingerprint density at radius 2 is 2.12 bits per heavy atom. The zero-order valence-electron chi connectivity index (χ0n) is 8.94. The number of carbonyl (C=O) groups excluding carboxylic acids is 1. The quantitative estimate of drug-likeness (QED) is 0.618. The zero-order valence-corrected chi connectivity index (χ0v) is 8.94. The third-order valence-corrected chi connectivity index (χ3v) is 2.31. The van der Waals surface area contributed by atoms with Crippen molar-refractivity contribution in [3.8, 4) is 5.75 Å². The smallest absolute Gasteiger partial charge is 0.373 e. The molecule has 2 N–H and O–H groups in total. The van der Waals surface area contributed by atoms with Gasteiger partial charge >= 0.3 is 5.97 Å². The summed E-state index contributed by atoms with van der Waals surface area (Å²) in [5.74, 6) is 0.136. The molecule has 5 nitrogen and oxygen atoms in total. The highest BCUT2D eigenvalue weighted by Crippen LogP contribution is 2.32. The van der Waals surface area contributed by atoms with Crippen molar-refractivity contribution >= 4 is 22.6 Å². The van der Waals surface area contributed by atoms with Crippen molar-refractivity contribution < 1.29 is 18.7 Å². The fraction of sp³-hybridized carbons (Fsp3) is 0.182. The average molecular weight is 221 g/mol. The van der Waals surface area contributed by atoms with Gasteiger partial charge in [-0.25, -0.2) is 4.79 Å². The van der Waals surface area contributed by atoms with Crippen LogP contribution in [0, 0.1) is 0 Å². The van der Waals surface area contributed by atoms with Crippen LogP contribution in [0.15, 0.2) is 22.6 Å². The summed E-state index contributed by atoms with van der Waals surface area (Å²) in [5, 5.41) is 0.639. The van der Waals surface area contributed by atoms with E-state index >= 15 is 0 Å². The van der Waals surface area contributed by atoms with E-state index in [1.165, 1.54) is 14.2 Å². The molecule has 0 aliphatic carbocycles. The summed E-state index contributed by atoms with van der Waals surface area (Å²) in [7, 11) is 2.82. The van der Waals surface area contributed by atoms with Gasteiger partial charge in [-0.1, -0.05) is 0 Å². The second kappa shape index (κ2) is 3.77. The first-order valence-corrected chi connectivity index (χ1v) is 4.61. The minimum absolute atomic E-state index is 0.123. The van der Waals surface area contributed by atoms with Gasteiger partial charge in [0.05, 0.1) is 19.9 Å². The summed E-state index contributed by atoms with van der Waals surface area (Å²) in [6.07, 6.45) is 0. The molecule has 0 aliphatic heterocycles. The molecule has 16 heavy (non-hydrogen) atoms. The molecule has 5 heteroatoms. The van der Waals surface area contributed by atoms with E-state index in [1.807, 2.05) is 0 Å². The first-order valence-electron chi connectivity index (χ1n) is 4.61. The van der Waals surface area contributed by atoms with Gasteiger partial charge in [0.25, 0.3) is 0 Å². The number of ether oxygens (including phenoxy) is 2. The Balaban J connectivity index is 2.62. The number of fused-ring (bicyclic) bond motifs is 1. The van der Waals surface area contributed by atoms with Crippen LogP contribution in [0.5, 0.6) is 5.75 Å². The summed E-state index contributed by atoms with van der Waals surface area (Å²) in [4.78, 5) is 11.3. The fourth-order valence-corrected chi connectivity index (χ4v) is 1.49. The maximum atomic E-state index is 11.3. The van der Waals surface area contributed by atoms with Crippen LogP contribution in [-0.4, -0.2) is 20.2 Å². The molecule has 0 amide bonds. The number of nitrogen functional groups attached to an aromatic ring is 1. The predicted octanol–water partition coefficient (Wildman–Crippen LogP) is 1.81. The van der Waals surface area contributed by atoms with Gasteiger partial charge in [0.15, 0.2) is 0 Å². The van der Waals surface area contributed by atoms with E-state index in [0.717, 1.165) is 0 Å². The van der Waals surface area contributed by atoms with Crippen LogP contribution in [0.3, 0.4) is 0 Å². The second-order valence-electron chi connectivity index (χ2n) is 3.20. The molecule has 1 aromatic carbocycles. The summed E-state index contributed by atoms with van der Waals surface area (Å²) >= 11 is 0. The van der Waals surface area contributed by atoms with E-state index in [9.17, 15) is 4.79 Å². The van der Waals surface area contributed by atoms with Crippen LogP contribution in [0.25, 0.3) is 11.0 Å². The Labute approximate surface area is 91.7 Å². The molecule has 2 rings (SSSR count). The van der Waals surface area contributed by atoms with Crippen LogP contribution < -0.4 is 10.5 Å². The summed E-state index contributed by atoms with van der Waals surface area (Å²) < 4.78 is 14.9. The molecule has 0 saturated heterocycles. The number of benzene rings is 1. The number of nitrogens with two attached hydrogens (primary N) is 1. The molecule has 1 aromatic heterocycles. The second-order valence-corrected chi connectivity index (χ2v) is 3.20. The van der Waals surface area contributed by atoms with Crippen LogP contribution >= 0.6 is 0 Å². The Morgan fingerprint density at radius 3 is 2.75 bits per heavy atom. The molecule has 84 valence electrons. The van der Waals surface area contributed by atoms with E-state index in [4.69, 9.17) is 14.9 Å². The molecule has 0 radical (unpaired) electrons. The average Bonchev–Trinajstić information content (AvgIpc) is 2.73. The Hall–Kier alpha value is -2.17. The molecular weight excluding hydrogens is 210 g/mol. The van der Waals surface area contributed by atoms with Gasteiger partial charge in [0.2, 0.25) is 5.76 Å². The number of esters is 1. The van der Waals surface area contributed by atoms with Crippen molar-refractivity contribution in [1.82, 2.24) is 0 Å². The van der Waals surface area contributed by atoms with E-state index < -0.39 is 5.97 Å². The maximum absolute atomic E-state index is 11.3. The van der Waals surface area contributed by atoms with Crippen molar-refractivity contribution in [2.45, 2.75) is 0 Å². The number of hydrogen-bond donors (Lipinski definition) is 1. The molecule has 0 aliphatic rings. The standard InChI is InChI=1S/C11H11NO4/c1-14-8-4-3-7-6(10(8)12)5-9(16-7)11(13)15-2/h3-5H,12H2,1-2H3. The fourth-order valence-electron chi connectivity index (χ4n) is 1.49. The Morgan fingerprint density at radius 1 is 1.38 bits per heavy atom. The summed E-state index contributed by atoms with van der Waals surface area (Å²) in [5.41, 5.74) is 6.82. The normalized spacial score (nSPS) is 10.4. The number of hydrogen-bond acceptors (Lipinski definition) is 5. The first-order chi connectivity index (χ1) is 7.67. The van der Waals surface area contributed by atoms with Gasteiger partial charge in [0, 0.05) is 11.5 Å². The van der Waals surface area contributed by atoms with Crippen molar-refractivity contribution in [3.63, 3.8) is 0 Å². The van der Waals surface area contributed by atoms with Gasteiger partial charge < -0.3 is 19.6 Å². The van der Waals surface area contributed by atoms with Crippen molar-refractivity contribution in [2.75, 3.05) is 20.0 Å². The topological polar surface area (TPSA) is 74.7 Å². The van der Waals surface area contributed by atoms with E-state index in [1.54, 1.807) is 18.2 Å². The van der Waals surface area contributed by atoms with E-state index in [-0.39, 0.29) is 5.76 Å². The zero-order chi connectivity index (χ0) is 11.7. The Kier molecular flexibility index (Phi) is 2.44. The number of carbonyl (C=O) groups is 1. The molecule has 0 unspecified atom stereocenters. The van der Waals surface area contributed by atoms with Crippen LogP contribution in [-0.2, 0) is 4.74 Å². The summed E-state index contributed by atoms with van der Waals surface area (Å²) in [6.45, 7) is 0. The van der Waals surface area contributed by atoms with Crippen molar-refractivity contribution in [2.24, 2.45) is 0 Å². The van der Waals surface area contributed by atoms with Crippen LogP contribution in [0.1, 0.15) is 10.6 Å². The number of anilines is 1. The van der Waals surface area contributed by atoms with Gasteiger partial charge in [0.1, 0.15) is 11.3 Å². The SMILES string of the molecule is COC(=O)c1cc2c(N)c(OC)ccc2o1. The molecule has 0 spiro atoms. The van der Waals surface area contributed by atoms with Gasteiger partial charge in [-0.3, -0.25) is 0 Å². The van der Waals surface area contributed by atoms with Crippen LogP contribution in [0.2, 0.25) is 0 Å². The van der Waals surface area contributed by atoms with Crippen LogP contribution in [0.4, 0.5) is 5.69 Å². The highest BCUT2D eigenvalue weighted by atomic mass is 16.5. The molecule has 1 heterocycles. The van der Waals surface area contributed by atoms with Gasteiger partial charge in [-0.05, 0) is 12.1 Å². The maximum Gasteiger partial charge on any atom is 0.373 e. The third kappa shape index (κ3) is 1.46. The number of rotatable bonds is 2. The highest BCUT2D eigenvalue weighted by Gasteiger charge is 2.15. The number of furan rings is 1. The van der Waals surface area contributed by atoms with Gasteiger partial charge in [-0.15, -0.1) is 0 Å². The Bertz CT molecular complexity index is 544. The lowest BCUT2D eigenvalue weighted by atomic mass is 10.2. The lowest BCUT2D eigenvalue weighted by Crippen LogP contribution is -1.98. The number of methoxy groups -OCH3 is 2. The van der Waals surface area contributed by atoms with Gasteiger partial charge in [-0.2, -0.15) is 0 Å². The lowest BCUT2D eigenvalue weighted by Gasteiger charge is -2.03. The summed E-state index contributed by atoms with van der Waals surface area (Å²) in [6, 6.07) is 4.91. The predicted molar refractivity (Wildman–Crippen MR) is 58.5 cm³/mol. The largest absolute Gasteiger partial charge is 0.495 e. The third-order valence-electron chi connectivity index (χ3n) is 2.31. The van der Waals surface area contributed by atoms with E-state index in [0.29, 0.717) is 22.4 Å². The molecule has 2 aromatic rings. The first kappa shape index (κ1) is 10.4. The molecule has 0 atom stereocenters. The monoisotopic (exact) mass is 221 g/mol. The minimum atomic E-state index is -0.533. The van der Waals surface area contributed by atoms with Crippen molar-refractivity contribution in [3.05, 3.63) is 24.0 Å². The highest BCUT2D eigenvalue weighted by molar-refractivity contribution is 5.98.